The molecule has 0 N–H and O–H groups in total. The third-order valence-corrected chi connectivity index (χ3v) is 5.91. The van der Waals surface area contributed by atoms with Crippen molar-refractivity contribution in [3.05, 3.63) is 41.1 Å². The SMILES string of the molecule is CC1(N2CCOCC2)O[N+]([O-])=C2CCCCC2C1c1ccccc1. The van der Waals surface area contributed by atoms with Gasteiger partial charge in [0.05, 0.1) is 19.1 Å². The van der Waals surface area contributed by atoms with Crippen LogP contribution in [0.5, 0.6) is 0 Å². The van der Waals surface area contributed by atoms with Crippen LogP contribution in [0.15, 0.2) is 30.3 Å². The lowest BCUT2D eigenvalue weighted by molar-refractivity contribution is -0.783. The van der Waals surface area contributed by atoms with Crippen molar-refractivity contribution in [2.75, 3.05) is 26.3 Å². The van der Waals surface area contributed by atoms with Gasteiger partial charge >= 0.3 is 0 Å². The van der Waals surface area contributed by atoms with Crippen molar-refractivity contribution >= 4 is 5.71 Å². The van der Waals surface area contributed by atoms with Gasteiger partial charge in [-0.3, -0.25) is 10.1 Å². The third-order valence-electron chi connectivity index (χ3n) is 5.91. The highest BCUT2D eigenvalue weighted by Gasteiger charge is 2.53. The van der Waals surface area contributed by atoms with Crippen LogP contribution in [0, 0.1) is 11.1 Å². The molecule has 3 unspecified atom stereocenters. The molecule has 5 heteroatoms. The van der Waals surface area contributed by atoms with E-state index in [9.17, 15) is 5.21 Å². The fraction of sp³-hybridized carbons (Fsp3) is 0.632. The molecule has 5 nitrogen and oxygen atoms in total. The van der Waals surface area contributed by atoms with E-state index in [0.717, 1.165) is 43.0 Å². The average Bonchev–Trinajstić information content (AvgIpc) is 2.63. The number of hydrogen-bond acceptors (Lipinski definition) is 4. The zero-order valence-electron chi connectivity index (χ0n) is 14.3. The van der Waals surface area contributed by atoms with Crippen LogP contribution in [0.4, 0.5) is 0 Å². The molecule has 1 aliphatic carbocycles. The number of morpholine rings is 1. The van der Waals surface area contributed by atoms with Gasteiger partial charge in [0, 0.05) is 30.3 Å². The van der Waals surface area contributed by atoms with Gasteiger partial charge in [0.2, 0.25) is 5.71 Å². The number of ether oxygens (including phenoxy) is 1. The number of benzene rings is 1. The Balaban J connectivity index is 1.79. The molecule has 0 bridgehead atoms. The molecule has 2 fully saturated rings. The first-order valence-corrected chi connectivity index (χ1v) is 9.10. The lowest BCUT2D eigenvalue weighted by Crippen LogP contribution is -2.62. The summed E-state index contributed by atoms with van der Waals surface area (Å²) in [6.45, 7) is 5.08. The normalized spacial score (nSPS) is 34.5. The quantitative estimate of drug-likeness (QED) is 0.782. The van der Waals surface area contributed by atoms with Crippen molar-refractivity contribution in [2.45, 2.75) is 44.2 Å². The molecule has 2 aliphatic heterocycles. The first kappa shape index (κ1) is 15.9. The van der Waals surface area contributed by atoms with E-state index < -0.39 is 5.72 Å². The molecule has 1 saturated heterocycles. The molecule has 24 heavy (non-hydrogen) atoms. The Kier molecular flexibility index (Phi) is 4.22. The summed E-state index contributed by atoms with van der Waals surface area (Å²) in [6, 6.07) is 10.6. The molecule has 0 amide bonds. The second-order valence-corrected chi connectivity index (χ2v) is 7.23. The van der Waals surface area contributed by atoms with Crippen molar-refractivity contribution in [1.82, 2.24) is 4.90 Å². The van der Waals surface area contributed by atoms with E-state index in [1.807, 2.05) is 6.07 Å². The molecule has 1 saturated carbocycles. The molecular weight excluding hydrogens is 304 g/mol. The molecule has 0 spiro atoms. The minimum Gasteiger partial charge on any atom is -0.381 e. The van der Waals surface area contributed by atoms with Crippen molar-refractivity contribution in [1.29, 1.82) is 0 Å². The maximum absolute atomic E-state index is 12.7. The summed E-state index contributed by atoms with van der Waals surface area (Å²) in [5.74, 6) is 0.442. The zero-order valence-corrected chi connectivity index (χ0v) is 14.3. The van der Waals surface area contributed by atoms with E-state index >= 15 is 0 Å². The lowest BCUT2D eigenvalue weighted by Gasteiger charge is -2.53. The number of nitrogens with zero attached hydrogens (tertiary/aromatic N) is 2. The fourth-order valence-corrected chi connectivity index (χ4v) is 4.73. The van der Waals surface area contributed by atoms with E-state index in [1.165, 1.54) is 12.0 Å². The van der Waals surface area contributed by atoms with Crippen molar-refractivity contribution < 1.29 is 14.5 Å². The van der Waals surface area contributed by atoms with Gasteiger partial charge in [-0.05, 0) is 25.3 Å². The first-order valence-electron chi connectivity index (χ1n) is 9.10. The van der Waals surface area contributed by atoms with Crippen molar-refractivity contribution in [2.24, 2.45) is 5.92 Å². The van der Waals surface area contributed by atoms with Gasteiger partial charge in [-0.2, -0.15) is 0 Å². The van der Waals surface area contributed by atoms with Crippen LogP contribution >= 0.6 is 0 Å². The van der Waals surface area contributed by atoms with Crippen LogP contribution < -0.4 is 0 Å². The van der Waals surface area contributed by atoms with Gasteiger partial charge in [0.15, 0.2) is 0 Å². The van der Waals surface area contributed by atoms with Crippen LogP contribution in [0.2, 0.25) is 0 Å². The van der Waals surface area contributed by atoms with Gasteiger partial charge in [0.1, 0.15) is 5.72 Å². The molecule has 4 rings (SSSR count). The number of fused-ring (bicyclic) bond motifs is 1. The van der Waals surface area contributed by atoms with Gasteiger partial charge in [-0.1, -0.05) is 36.8 Å². The molecule has 3 atom stereocenters. The maximum atomic E-state index is 12.7. The van der Waals surface area contributed by atoms with E-state index in [1.54, 1.807) is 0 Å². The molecular formula is C19H26N2O3. The van der Waals surface area contributed by atoms with E-state index in [4.69, 9.17) is 9.57 Å². The predicted octanol–water partition coefficient (Wildman–Crippen LogP) is 2.91. The monoisotopic (exact) mass is 330 g/mol. The molecule has 1 aromatic carbocycles. The van der Waals surface area contributed by atoms with Gasteiger partial charge in [0.25, 0.3) is 0 Å². The Labute approximate surface area is 143 Å². The van der Waals surface area contributed by atoms with E-state index in [0.29, 0.717) is 13.2 Å². The molecule has 0 radical (unpaired) electrons. The Morgan fingerprint density at radius 3 is 2.67 bits per heavy atom. The summed E-state index contributed by atoms with van der Waals surface area (Å²) < 4.78 is 5.52. The Hall–Kier alpha value is -1.59. The number of rotatable bonds is 2. The minimum atomic E-state index is -0.627. The highest BCUT2D eigenvalue weighted by Crippen LogP contribution is 2.47. The van der Waals surface area contributed by atoms with Gasteiger partial charge < -0.3 is 9.57 Å². The third kappa shape index (κ3) is 2.60. The van der Waals surface area contributed by atoms with E-state index in [-0.39, 0.29) is 11.8 Å². The van der Waals surface area contributed by atoms with Gasteiger partial charge in [-0.25, -0.2) is 0 Å². The second-order valence-electron chi connectivity index (χ2n) is 7.23. The standard InChI is InChI=1S/C19H26N2O3/c1-19(20-11-13-23-14-12-20)18(15-7-3-2-4-8-15)16-9-5-6-10-17(16)21(22)24-19/h2-4,7-8,16,18H,5-6,9-14H2,1H3. The highest BCUT2D eigenvalue weighted by molar-refractivity contribution is 5.84. The molecule has 1 aromatic rings. The summed E-state index contributed by atoms with van der Waals surface area (Å²) >= 11 is 0. The summed E-state index contributed by atoms with van der Waals surface area (Å²) in [5.41, 5.74) is 1.57. The first-order chi connectivity index (χ1) is 11.7. The minimum absolute atomic E-state index is 0.178. The Morgan fingerprint density at radius 1 is 1.17 bits per heavy atom. The smallest absolute Gasteiger partial charge is 0.225 e. The highest BCUT2D eigenvalue weighted by atomic mass is 16.9. The summed E-state index contributed by atoms with van der Waals surface area (Å²) in [5, 5.41) is 12.7. The van der Waals surface area contributed by atoms with Crippen molar-refractivity contribution in [3.8, 4) is 0 Å². The fourth-order valence-electron chi connectivity index (χ4n) is 4.73. The molecule has 130 valence electrons. The Morgan fingerprint density at radius 2 is 1.92 bits per heavy atom. The molecule has 0 aromatic heterocycles. The average molecular weight is 330 g/mol. The number of hydrogen-bond donors (Lipinski definition) is 0. The van der Waals surface area contributed by atoms with Crippen LogP contribution in [-0.2, 0) is 9.57 Å². The van der Waals surface area contributed by atoms with Crippen LogP contribution in [0.25, 0.3) is 0 Å². The summed E-state index contributed by atoms with van der Waals surface area (Å²) in [7, 11) is 0. The largest absolute Gasteiger partial charge is 0.381 e. The van der Waals surface area contributed by atoms with Crippen molar-refractivity contribution in [3.63, 3.8) is 0 Å². The van der Waals surface area contributed by atoms with Crippen LogP contribution in [0.3, 0.4) is 0 Å². The van der Waals surface area contributed by atoms with E-state index in [2.05, 4.69) is 36.1 Å². The van der Waals surface area contributed by atoms with Gasteiger partial charge in [-0.15, -0.1) is 0 Å². The zero-order chi connectivity index (χ0) is 16.6. The topological polar surface area (TPSA) is 47.8 Å². The molecule has 2 heterocycles. The summed E-state index contributed by atoms with van der Waals surface area (Å²) in [6.07, 6.45) is 4.20. The molecule has 3 aliphatic rings. The lowest BCUT2D eigenvalue weighted by atomic mass is 9.70. The predicted molar refractivity (Wildman–Crippen MR) is 91.7 cm³/mol. The second kappa shape index (κ2) is 6.37. The van der Waals surface area contributed by atoms with Crippen LogP contribution in [0.1, 0.15) is 44.1 Å². The Bertz CT molecular complexity index is 612. The summed E-state index contributed by atoms with van der Waals surface area (Å²) in [4.78, 5) is 9.20. The maximum Gasteiger partial charge on any atom is 0.225 e. The van der Waals surface area contributed by atoms with Crippen LogP contribution in [-0.4, -0.2) is 47.5 Å².